The molecule has 0 fully saturated rings. The zero-order valence-corrected chi connectivity index (χ0v) is 11.9. The molecule has 2 N–H and O–H groups in total. The van der Waals surface area contributed by atoms with E-state index in [4.69, 9.17) is 16.0 Å². The molecule has 2 aromatic carbocycles. The van der Waals surface area contributed by atoms with Crippen LogP contribution in [-0.4, -0.2) is 11.0 Å². The third-order valence-electron chi connectivity index (χ3n) is 3.11. The molecule has 0 aliphatic carbocycles. The van der Waals surface area contributed by atoms with E-state index >= 15 is 0 Å². The summed E-state index contributed by atoms with van der Waals surface area (Å²) in [5.74, 6) is -0.323. The summed E-state index contributed by atoms with van der Waals surface area (Å²) in [5, 5.41) is 13.5. The first-order valence-electron chi connectivity index (χ1n) is 6.33. The van der Waals surface area contributed by atoms with Crippen molar-refractivity contribution in [2.45, 2.75) is 6.92 Å². The van der Waals surface area contributed by atoms with E-state index in [1.165, 1.54) is 18.2 Å². The third kappa shape index (κ3) is 2.71. The fourth-order valence-electron chi connectivity index (χ4n) is 2.04. The Labute approximate surface area is 126 Å². The summed E-state index contributed by atoms with van der Waals surface area (Å²) in [6.07, 6.45) is 0. The molecular weight excluding hydrogens is 290 g/mol. The first-order chi connectivity index (χ1) is 10.0. The number of aromatic hydroxyl groups is 1. The lowest BCUT2D eigenvalue weighted by Crippen LogP contribution is -2.10. The second-order valence-corrected chi connectivity index (χ2v) is 5.20. The highest BCUT2D eigenvalue weighted by atomic mass is 35.5. The summed E-state index contributed by atoms with van der Waals surface area (Å²) >= 11 is 5.84. The van der Waals surface area contributed by atoms with E-state index in [-0.39, 0.29) is 17.2 Å². The van der Waals surface area contributed by atoms with E-state index in [0.717, 1.165) is 10.9 Å². The fourth-order valence-corrected chi connectivity index (χ4v) is 2.21. The summed E-state index contributed by atoms with van der Waals surface area (Å²) < 4.78 is 5.53. The highest BCUT2D eigenvalue weighted by molar-refractivity contribution is 6.31. The van der Waals surface area contributed by atoms with Gasteiger partial charge in [-0.1, -0.05) is 23.7 Å². The van der Waals surface area contributed by atoms with Crippen molar-refractivity contribution < 1.29 is 14.3 Å². The molecule has 1 heterocycles. The molecule has 0 unspecified atom stereocenters. The Hall–Kier alpha value is -2.46. The number of amides is 1. The van der Waals surface area contributed by atoms with Gasteiger partial charge in [-0.3, -0.25) is 4.79 Å². The summed E-state index contributed by atoms with van der Waals surface area (Å²) in [4.78, 5) is 12.2. The second-order valence-electron chi connectivity index (χ2n) is 4.77. The fraction of sp³-hybridized carbons (Fsp3) is 0.0625. The molecule has 3 rings (SSSR count). The molecule has 0 aliphatic heterocycles. The van der Waals surface area contributed by atoms with Crippen molar-refractivity contribution in [3.63, 3.8) is 0 Å². The zero-order chi connectivity index (χ0) is 15.0. The van der Waals surface area contributed by atoms with Crippen LogP contribution in [0.1, 0.15) is 16.1 Å². The number of rotatable bonds is 2. The van der Waals surface area contributed by atoms with Gasteiger partial charge in [0, 0.05) is 10.4 Å². The normalized spacial score (nSPS) is 10.8. The lowest BCUT2D eigenvalue weighted by atomic mass is 10.2. The number of nitrogens with one attached hydrogen (secondary N) is 1. The van der Waals surface area contributed by atoms with Crippen LogP contribution in [0.15, 0.2) is 46.9 Å². The Bertz CT molecular complexity index is 839. The maximum Gasteiger partial charge on any atom is 0.291 e. The van der Waals surface area contributed by atoms with Crippen molar-refractivity contribution in [2.75, 3.05) is 5.32 Å². The SMILES string of the molecule is Cc1ccc2cc(C(=O)Nc3cc(Cl)ccc3O)oc2c1. The molecule has 5 heteroatoms. The van der Waals surface area contributed by atoms with Crippen molar-refractivity contribution in [3.8, 4) is 5.75 Å². The predicted molar refractivity (Wildman–Crippen MR) is 82.0 cm³/mol. The number of carbonyl (C=O) groups is 1. The highest BCUT2D eigenvalue weighted by Gasteiger charge is 2.14. The topological polar surface area (TPSA) is 62.5 Å². The second kappa shape index (κ2) is 5.14. The van der Waals surface area contributed by atoms with Gasteiger partial charge in [0.15, 0.2) is 5.76 Å². The zero-order valence-electron chi connectivity index (χ0n) is 11.2. The van der Waals surface area contributed by atoms with E-state index in [1.54, 1.807) is 6.07 Å². The Kier molecular flexibility index (Phi) is 3.31. The molecule has 21 heavy (non-hydrogen) atoms. The van der Waals surface area contributed by atoms with Crippen LogP contribution >= 0.6 is 11.6 Å². The molecule has 0 radical (unpaired) electrons. The van der Waals surface area contributed by atoms with Gasteiger partial charge < -0.3 is 14.8 Å². The molecule has 0 saturated heterocycles. The van der Waals surface area contributed by atoms with Gasteiger partial charge in [0.2, 0.25) is 0 Å². The van der Waals surface area contributed by atoms with Gasteiger partial charge in [0.1, 0.15) is 11.3 Å². The Morgan fingerprint density at radius 1 is 1.19 bits per heavy atom. The summed E-state index contributed by atoms with van der Waals surface area (Å²) in [6.45, 7) is 1.95. The lowest BCUT2D eigenvalue weighted by molar-refractivity contribution is 0.0998. The highest BCUT2D eigenvalue weighted by Crippen LogP contribution is 2.28. The monoisotopic (exact) mass is 301 g/mol. The molecule has 3 aromatic rings. The number of halogens is 1. The number of hydrogen-bond donors (Lipinski definition) is 2. The van der Waals surface area contributed by atoms with E-state index in [1.807, 2.05) is 25.1 Å². The molecule has 0 bridgehead atoms. The molecule has 106 valence electrons. The standard InChI is InChI=1S/C16H12ClNO3/c1-9-2-3-10-7-15(21-14(10)6-9)16(20)18-12-8-11(17)4-5-13(12)19/h2-8,19H,1H3,(H,18,20). The van der Waals surface area contributed by atoms with Crippen molar-refractivity contribution >= 4 is 34.2 Å². The van der Waals surface area contributed by atoms with E-state index in [9.17, 15) is 9.90 Å². The average Bonchev–Trinajstić information content (AvgIpc) is 2.86. The van der Waals surface area contributed by atoms with E-state index in [0.29, 0.717) is 10.6 Å². The van der Waals surface area contributed by atoms with Crippen LogP contribution in [0.2, 0.25) is 5.02 Å². The number of carbonyl (C=O) groups excluding carboxylic acids is 1. The van der Waals surface area contributed by atoms with Crippen LogP contribution in [0.25, 0.3) is 11.0 Å². The largest absolute Gasteiger partial charge is 0.506 e. The first-order valence-corrected chi connectivity index (χ1v) is 6.71. The number of hydrogen-bond acceptors (Lipinski definition) is 3. The summed E-state index contributed by atoms with van der Waals surface area (Å²) in [6, 6.07) is 11.8. The molecular formula is C16H12ClNO3. The molecule has 1 amide bonds. The van der Waals surface area contributed by atoms with Gasteiger partial charge in [-0.25, -0.2) is 0 Å². The Balaban J connectivity index is 1.91. The van der Waals surface area contributed by atoms with Gasteiger partial charge in [-0.2, -0.15) is 0 Å². The van der Waals surface area contributed by atoms with Gasteiger partial charge in [-0.15, -0.1) is 0 Å². The first kappa shape index (κ1) is 13.5. The van der Waals surface area contributed by atoms with Gasteiger partial charge in [0.05, 0.1) is 5.69 Å². The number of phenolic OH excluding ortho intramolecular Hbond substituents is 1. The maximum atomic E-state index is 12.2. The van der Waals surface area contributed by atoms with Crippen LogP contribution in [0.4, 0.5) is 5.69 Å². The number of fused-ring (bicyclic) bond motifs is 1. The third-order valence-corrected chi connectivity index (χ3v) is 3.34. The summed E-state index contributed by atoms with van der Waals surface area (Å²) in [7, 11) is 0. The van der Waals surface area contributed by atoms with Gasteiger partial charge in [0.25, 0.3) is 5.91 Å². The molecule has 0 atom stereocenters. The molecule has 1 aromatic heterocycles. The minimum Gasteiger partial charge on any atom is -0.506 e. The lowest BCUT2D eigenvalue weighted by Gasteiger charge is -2.05. The van der Waals surface area contributed by atoms with Crippen molar-refractivity contribution in [2.24, 2.45) is 0 Å². The van der Waals surface area contributed by atoms with Crippen molar-refractivity contribution in [1.29, 1.82) is 0 Å². The number of anilines is 1. The minimum atomic E-state index is -0.443. The summed E-state index contributed by atoms with van der Waals surface area (Å²) in [5.41, 5.74) is 1.94. The van der Waals surface area contributed by atoms with Crippen LogP contribution < -0.4 is 5.32 Å². The number of benzene rings is 2. The molecule has 4 nitrogen and oxygen atoms in total. The van der Waals surface area contributed by atoms with Gasteiger partial charge >= 0.3 is 0 Å². The Morgan fingerprint density at radius 3 is 2.81 bits per heavy atom. The Morgan fingerprint density at radius 2 is 2.00 bits per heavy atom. The van der Waals surface area contributed by atoms with E-state index < -0.39 is 5.91 Å². The quantitative estimate of drug-likeness (QED) is 0.692. The number of aryl methyl sites for hydroxylation is 1. The van der Waals surface area contributed by atoms with E-state index in [2.05, 4.69) is 5.32 Å². The van der Waals surface area contributed by atoms with Crippen LogP contribution in [0, 0.1) is 6.92 Å². The van der Waals surface area contributed by atoms with Crippen LogP contribution in [-0.2, 0) is 0 Å². The number of phenols is 1. The predicted octanol–water partition coefficient (Wildman–Crippen LogP) is 4.35. The molecule has 0 saturated carbocycles. The van der Waals surface area contributed by atoms with Gasteiger partial charge in [-0.05, 0) is 42.8 Å². The minimum absolute atomic E-state index is 0.0558. The average molecular weight is 302 g/mol. The van der Waals surface area contributed by atoms with Crippen LogP contribution in [0.3, 0.4) is 0 Å². The number of furan rings is 1. The smallest absolute Gasteiger partial charge is 0.291 e. The maximum absolute atomic E-state index is 12.2. The van der Waals surface area contributed by atoms with Crippen LogP contribution in [0.5, 0.6) is 5.75 Å². The molecule has 0 spiro atoms. The van der Waals surface area contributed by atoms with Crippen molar-refractivity contribution in [3.05, 3.63) is 58.8 Å². The van der Waals surface area contributed by atoms with Crippen molar-refractivity contribution in [1.82, 2.24) is 0 Å². The molecule has 0 aliphatic rings.